The van der Waals surface area contributed by atoms with Crippen LogP contribution in [0.4, 0.5) is 0 Å². The summed E-state index contributed by atoms with van der Waals surface area (Å²) in [7, 11) is 1.43. The second-order valence-corrected chi connectivity index (χ2v) is 5.08. The molecule has 0 aromatic heterocycles. The van der Waals surface area contributed by atoms with Crippen molar-refractivity contribution in [3.05, 3.63) is 35.9 Å². The lowest BCUT2D eigenvalue weighted by Gasteiger charge is -2.15. The van der Waals surface area contributed by atoms with Crippen LogP contribution in [0.1, 0.15) is 18.4 Å². The van der Waals surface area contributed by atoms with Crippen LogP contribution in [0.2, 0.25) is 0 Å². The molecule has 0 aliphatic heterocycles. The van der Waals surface area contributed by atoms with Gasteiger partial charge in [0.15, 0.2) is 0 Å². The summed E-state index contributed by atoms with van der Waals surface area (Å²) in [6.45, 7) is 1.96. The van der Waals surface area contributed by atoms with E-state index in [2.05, 4.69) is 0 Å². The van der Waals surface area contributed by atoms with E-state index in [0.717, 1.165) is 11.3 Å². The van der Waals surface area contributed by atoms with Crippen molar-refractivity contribution in [3.8, 4) is 0 Å². The fourth-order valence-electron chi connectivity index (χ4n) is 1.50. The molecule has 1 aromatic carbocycles. The minimum absolute atomic E-state index is 0.147. The van der Waals surface area contributed by atoms with Gasteiger partial charge in [0.1, 0.15) is 0 Å². The van der Waals surface area contributed by atoms with E-state index in [0.29, 0.717) is 5.75 Å². The van der Waals surface area contributed by atoms with Crippen LogP contribution >= 0.6 is 11.8 Å². The Morgan fingerprint density at radius 3 is 2.53 bits per heavy atom. The maximum atomic E-state index is 11.7. The number of methoxy groups -OCH3 is 1. The number of esters is 1. The molecule has 1 rings (SSSR count). The largest absolute Gasteiger partial charge is 0.469 e. The van der Waals surface area contributed by atoms with E-state index in [1.54, 1.807) is 11.8 Å². The molecule has 0 fully saturated rings. The predicted molar refractivity (Wildman–Crippen MR) is 72.2 cm³/mol. The molecule has 0 saturated heterocycles. The summed E-state index contributed by atoms with van der Waals surface area (Å²) in [5.41, 5.74) is 6.69. The molecule has 2 atom stereocenters. The van der Waals surface area contributed by atoms with Gasteiger partial charge in [-0.2, -0.15) is 11.8 Å². The fourth-order valence-corrected chi connectivity index (χ4v) is 2.57. The molecule has 0 aliphatic carbocycles. The van der Waals surface area contributed by atoms with Crippen molar-refractivity contribution in [1.82, 2.24) is 0 Å². The number of hydrogen-bond donors (Lipinski definition) is 1. The topological polar surface area (TPSA) is 52.3 Å². The quantitative estimate of drug-likeness (QED) is 0.788. The highest BCUT2D eigenvalue weighted by molar-refractivity contribution is 7.99. The first kappa shape index (κ1) is 14.1. The number of nitrogens with two attached hydrogens (primary N) is 1. The molecule has 0 amide bonds. The van der Waals surface area contributed by atoms with Crippen LogP contribution in [0.5, 0.6) is 0 Å². The minimum Gasteiger partial charge on any atom is -0.469 e. The molecule has 0 saturated carbocycles. The first-order chi connectivity index (χ1) is 8.15. The van der Waals surface area contributed by atoms with E-state index < -0.39 is 0 Å². The maximum Gasteiger partial charge on any atom is 0.313 e. The third-order valence-electron chi connectivity index (χ3n) is 2.35. The van der Waals surface area contributed by atoms with Crippen molar-refractivity contribution in [2.45, 2.75) is 18.9 Å². The number of ether oxygens (including phenoxy) is 1. The van der Waals surface area contributed by atoms with Gasteiger partial charge >= 0.3 is 5.97 Å². The molecule has 4 heteroatoms. The van der Waals surface area contributed by atoms with Gasteiger partial charge in [0.25, 0.3) is 0 Å². The zero-order valence-electron chi connectivity index (χ0n) is 10.3. The van der Waals surface area contributed by atoms with Crippen LogP contribution in [0.25, 0.3) is 0 Å². The molecule has 0 radical (unpaired) electrons. The summed E-state index contributed by atoms with van der Waals surface area (Å²) >= 11 is 1.68. The molecular weight excluding hydrogens is 234 g/mol. The Morgan fingerprint density at radius 2 is 2.00 bits per heavy atom. The number of carbonyl (C=O) groups excluding carboxylic acids is 1. The van der Waals surface area contributed by atoms with Crippen molar-refractivity contribution in [3.63, 3.8) is 0 Å². The van der Waals surface area contributed by atoms with Crippen molar-refractivity contribution < 1.29 is 9.53 Å². The average Bonchev–Trinajstić information content (AvgIpc) is 2.34. The van der Waals surface area contributed by atoms with Crippen molar-refractivity contribution in [2.24, 2.45) is 5.73 Å². The van der Waals surface area contributed by atoms with Crippen LogP contribution < -0.4 is 5.73 Å². The van der Waals surface area contributed by atoms with Crippen LogP contribution in [-0.2, 0) is 9.53 Å². The van der Waals surface area contributed by atoms with Crippen LogP contribution in [-0.4, -0.2) is 30.6 Å². The summed E-state index contributed by atoms with van der Waals surface area (Å²) in [6.07, 6.45) is 0. The third kappa shape index (κ3) is 4.79. The maximum absolute atomic E-state index is 11.7. The van der Waals surface area contributed by atoms with Gasteiger partial charge in [0, 0.05) is 17.5 Å². The smallest absolute Gasteiger partial charge is 0.313 e. The third-order valence-corrected chi connectivity index (χ3v) is 3.68. The number of carbonyl (C=O) groups is 1. The summed E-state index contributed by atoms with van der Waals surface area (Å²) < 4.78 is 4.84. The summed E-state index contributed by atoms with van der Waals surface area (Å²) in [6, 6.07) is 9.85. The zero-order chi connectivity index (χ0) is 12.7. The lowest BCUT2D eigenvalue weighted by molar-refractivity contribution is -0.141. The van der Waals surface area contributed by atoms with Gasteiger partial charge in [0.05, 0.1) is 13.0 Å². The Balaban J connectivity index is 2.65. The summed E-state index contributed by atoms with van der Waals surface area (Å²) in [5.74, 6) is 1.16. The van der Waals surface area contributed by atoms with Crippen LogP contribution in [0.3, 0.4) is 0 Å². The van der Waals surface area contributed by atoms with Crippen molar-refractivity contribution in [1.29, 1.82) is 0 Å². The van der Waals surface area contributed by atoms with E-state index in [1.165, 1.54) is 7.11 Å². The first-order valence-electron chi connectivity index (χ1n) is 5.61. The van der Waals surface area contributed by atoms with E-state index in [-0.39, 0.29) is 17.9 Å². The number of benzene rings is 1. The van der Waals surface area contributed by atoms with Gasteiger partial charge in [-0.1, -0.05) is 30.3 Å². The lowest BCUT2D eigenvalue weighted by atomic mass is 10.0. The molecule has 0 bridgehead atoms. The Kier molecular flexibility index (Phi) is 6.08. The number of hydrogen-bond acceptors (Lipinski definition) is 4. The van der Waals surface area contributed by atoms with Crippen molar-refractivity contribution >= 4 is 17.7 Å². The Morgan fingerprint density at radius 1 is 1.35 bits per heavy atom. The standard InChI is InChI=1S/C13H19NO2S/c1-10(14)8-17-9-12(13(15)16-2)11-6-4-3-5-7-11/h3-7,10,12H,8-9,14H2,1-2H3. The normalized spacial score (nSPS) is 14.1. The fraction of sp³-hybridized carbons (Fsp3) is 0.462. The Hall–Kier alpha value is -1.00. The molecule has 1 aromatic rings. The molecule has 3 nitrogen and oxygen atoms in total. The Bertz CT molecular complexity index is 341. The second-order valence-electron chi connectivity index (χ2n) is 4.00. The van der Waals surface area contributed by atoms with Crippen molar-refractivity contribution in [2.75, 3.05) is 18.6 Å². The van der Waals surface area contributed by atoms with Gasteiger partial charge in [0.2, 0.25) is 0 Å². The highest BCUT2D eigenvalue weighted by Crippen LogP contribution is 2.22. The van der Waals surface area contributed by atoms with Crippen LogP contribution in [0.15, 0.2) is 30.3 Å². The molecule has 94 valence electrons. The Labute approximate surface area is 107 Å². The minimum atomic E-state index is -0.204. The zero-order valence-corrected chi connectivity index (χ0v) is 11.1. The van der Waals surface area contributed by atoms with E-state index in [9.17, 15) is 4.79 Å². The predicted octanol–water partition coefficient (Wildman–Crippen LogP) is 2.02. The van der Waals surface area contributed by atoms with Gasteiger partial charge in [-0.15, -0.1) is 0 Å². The SMILES string of the molecule is COC(=O)C(CSCC(C)N)c1ccccc1. The summed E-state index contributed by atoms with van der Waals surface area (Å²) in [4.78, 5) is 11.7. The molecule has 17 heavy (non-hydrogen) atoms. The number of thioether (sulfide) groups is 1. The average molecular weight is 253 g/mol. The van der Waals surface area contributed by atoms with E-state index >= 15 is 0 Å². The number of rotatable bonds is 6. The van der Waals surface area contributed by atoms with Crippen LogP contribution in [0, 0.1) is 0 Å². The summed E-state index contributed by atoms with van der Waals surface area (Å²) in [5, 5.41) is 0. The molecule has 2 unspecified atom stereocenters. The van der Waals surface area contributed by atoms with Gasteiger partial charge < -0.3 is 10.5 Å². The van der Waals surface area contributed by atoms with E-state index in [1.807, 2.05) is 37.3 Å². The van der Waals surface area contributed by atoms with Gasteiger partial charge in [-0.25, -0.2) is 0 Å². The van der Waals surface area contributed by atoms with Gasteiger partial charge in [-0.3, -0.25) is 4.79 Å². The first-order valence-corrected chi connectivity index (χ1v) is 6.76. The van der Waals surface area contributed by atoms with E-state index in [4.69, 9.17) is 10.5 Å². The van der Waals surface area contributed by atoms with Gasteiger partial charge in [-0.05, 0) is 12.5 Å². The highest BCUT2D eigenvalue weighted by Gasteiger charge is 2.21. The molecule has 0 spiro atoms. The molecule has 0 aliphatic rings. The molecular formula is C13H19NO2S. The lowest BCUT2D eigenvalue weighted by Crippen LogP contribution is -2.21. The monoisotopic (exact) mass is 253 g/mol. The second kappa shape index (κ2) is 7.35. The highest BCUT2D eigenvalue weighted by atomic mass is 32.2. The molecule has 2 N–H and O–H groups in total. The molecule has 0 heterocycles.